The second-order valence-corrected chi connectivity index (χ2v) is 3.35. The Morgan fingerprint density at radius 3 is 2.29 bits per heavy atom. The highest BCUT2D eigenvalue weighted by Crippen LogP contribution is 2.23. The number of rotatable bonds is 4. The Balaban J connectivity index is 3.20. The molecule has 1 aromatic carbocycles. The number of hydrogen-bond donors (Lipinski definition) is 4. The molecule has 0 aliphatic carbocycles. The summed E-state index contributed by atoms with van der Waals surface area (Å²) < 4.78 is 26.6. The van der Waals surface area contributed by atoms with Gasteiger partial charge in [0.25, 0.3) is 0 Å². The lowest BCUT2D eigenvalue weighted by atomic mass is 10.0. The Labute approximate surface area is 94.6 Å². The van der Waals surface area contributed by atoms with Crippen molar-refractivity contribution in [3.05, 3.63) is 34.9 Å². The van der Waals surface area contributed by atoms with Crippen LogP contribution in [0.5, 0.6) is 0 Å². The van der Waals surface area contributed by atoms with Gasteiger partial charge in [0.1, 0.15) is 23.8 Å². The molecule has 2 atom stereocenters. The number of aromatic carboxylic acids is 1. The van der Waals surface area contributed by atoms with Crippen molar-refractivity contribution in [3.63, 3.8) is 0 Å². The van der Waals surface area contributed by atoms with Crippen molar-refractivity contribution in [3.8, 4) is 0 Å². The molecule has 4 N–H and O–H groups in total. The molecular weight excluding hydrogens is 238 g/mol. The van der Waals surface area contributed by atoms with Crippen LogP contribution in [-0.2, 0) is 0 Å². The first-order valence-corrected chi connectivity index (χ1v) is 4.57. The molecule has 1 aromatic rings. The molecule has 0 bridgehead atoms. The van der Waals surface area contributed by atoms with E-state index in [1.54, 1.807) is 0 Å². The van der Waals surface area contributed by atoms with Gasteiger partial charge in [0.15, 0.2) is 0 Å². The monoisotopic (exact) mass is 248 g/mol. The molecule has 17 heavy (non-hydrogen) atoms. The maximum absolute atomic E-state index is 13.4. The molecule has 0 fully saturated rings. The highest BCUT2D eigenvalue weighted by molar-refractivity contribution is 5.88. The van der Waals surface area contributed by atoms with Gasteiger partial charge in [-0.2, -0.15) is 0 Å². The molecule has 94 valence electrons. The van der Waals surface area contributed by atoms with Crippen LogP contribution in [0.3, 0.4) is 0 Å². The number of benzene rings is 1. The molecule has 0 spiro atoms. The summed E-state index contributed by atoms with van der Waals surface area (Å²) in [7, 11) is 0. The van der Waals surface area contributed by atoms with E-state index in [0.717, 1.165) is 0 Å². The van der Waals surface area contributed by atoms with Crippen molar-refractivity contribution in [1.82, 2.24) is 0 Å². The molecule has 1 rings (SSSR count). The summed E-state index contributed by atoms with van der Waals surface area (Å²) in [6, 6.07) is 0.878. The van der Waals surface area contributed by atoms with E-state index >= 15 is 0 Å². The summed E-state index contributed by atoms with van der Waals surface area (Å²) >= 11 is 0. The SMILES string of the molecule is O=C(O)c1cc(F)c(C(O)C(O)CO)cc1F. The first-order valence-electron chi connectivity index (χ1n) is 4.57. The average Bonchev–Trinajstić information content (AvgIpc) is 2.29. The van der Waals surface area contributed by atoms with E-state index < -0.39 is 47.5 Å². The molecular formula is C10H10F2O5. The van der Waals surface area contributed by atoms with Gasteiger partial charge in [-0.15, -0.1) is 0 Å². The van der Waals surface area contributed by atoms with Crippen molar-refractivity contribution in [1.29, 1.82) is 0 Å². The number of aliphatic hydroxyl groups excluding tert-OH is 3. The summed E-state index contributed by atoms with van der Waals surface area (Å²) in [6.07, 6.45) is -3.52. The zero-order valence-electron chi connectivity index (χ0n) is 8.47. The third-order valence-electron chi connectivity index (χ3n) is 2.19. The van der Waals surface area contributed by atoms with Gasteiger partial charge < -0.3 is 20.4 Å². The summed E-state index contributed by atoms with van der Waals surface area (Å²) in [6.45, 7) is -0.844. The number of carboxylic acid groups (broad SMARTS) is 1. The molecule has 0 radical (unpaired) electrons. The average molecular weight is 248 g/mol. The van der Waals surface area contributed by atoms with Crippen LogP contribution in [0.2, 0.25) is 0 Å². The zero-order chi connectivity index (χ0) is 13.2. The second kappa shape index (κ2) is 5.17. The third kappa shape index (κ3) is 2.76. The molecule has 0 saturated carbocycles. The standard InChI is InChI=1S/C10H10F2O5/c11-6-2-5(10(16)17)7(12)1-4(6)9(15)8(14)3-13/h1-2,8-9,13-15H,3H2,(H,16,17). The van der Waals surface area contributed by atoms with Crippen molar-refractivity contribution in [2.45, 2.75) is 12.2 Å². The summed E-state index contributed by atoms with van der Waals surface area (Å²) in [5.41, 5.74) is -1.49. The summed E-state index contributed by atoms with van der Waals surface area (Å²) in [5.74, 6) is -4.06. The lowest BCUT2D eigenvalue weighted by Crippen LogP contribution is -2.23. The molecule has 0 aliphatic rings. The first-order chi connectivity index (χ1) is 7.88. The highest BCUT2D eigenvalue weighted by atomic mass is 19.1. The van der Waals surface area contributed by atoms with Gasteiger partial charge in [0.2, 0.25) is 0 Å². The molecule has 0 heterocycles. The van der Waals surface area contributed by atoms with Crippen LogP contribution < -0.4 is 0 Å². The minimum Gasteiger partial charge on any atom is -0.478 e. The van der Waals surface area contributed by atoms with Gasteiger partial charge in [0, 0.05) is 5.56 Å². The predicted octanol–water partition coefficient (Wildman–Crippen LogP) is 0.0496. The Hall–Kier alpha value is -1.57. The van der Waals surface area contributed by atoms with Crippen LogP contribution in [0.4, 0.5) is 8.78 Å². The highest BCUT2D eigenvalue weighted by Gasteiger charge is 2.24. The largest absolute Gasteiger partial charge is 0.478 e. The van der Waals surface area contributed by atoms with Crippen LogP contribution >= 0.6 is 0 Å². The summed E-state index contributed by atoms with van der Waals surface area (Å²) in [4.78, 5) is 10.5. The second-order valence-electron chi connectivity index (χ2n) is 3.35. The minimum absolute atomic E-state index is 0.403. The van der Waals surface area contributed by atoms with Crippen LogP contribution in [0.1, 0.15) is 22.0 Å². The van der Waals surface area contributed by atoms with Crippen molar-refractivity contribution < 1.29 is 34.0 Å². The van der Waals surface area contributed by atoms with Gasteiger partial charge in [-0.25, -0.2) is 13.6 Å². The third-order valence-corrected chi connectivity index (χ3v) is 2.19. The van der Waals surface area contributed by atoms with E-state index in [1.807, 2.05) is 0 Å². The number of carboxylic acids is 1. The Morgan fingerprint density at radius 1 is 1.24 bits per heavy atom. The zero-order valence-corrected chi connectivity index (χ0v) is 8.47. The predicted molar refractivity (Wildman–Crippen MR) is 51.4 cm³/mol. The normalized spacial score (nSPS) is 14.4. The quantitative estimate of drug-likeness (QED) is 0.603. The maximum Gasteiger partial charge on any atom is 0.338 e. The minimum atomic E-state index is -1.84. The molecule has 0 aliphatic heterocycles. The van der Waals surface area contributed by atoms with Crippen LogP contribution in [-0.4, -0.2) is 39.1 Å². The topological polar surface area (TPSA) is 98.0 Å². The van der Waals surface area contributed by atoms with E-state index in [1.165, 1.54) is 0 Å². The van der Waals surface area contributed by atoms with Crippen LogP contribution in [0.15, 0.2) is 12.1 Å². The van der Waals surface area contributed by atoms with E-state index in [2.05, 4.69) is 0 Å². The van der Waals surface area contributed by atoms with E-state index in [0.29, 0.717) is 12.1 Å². The maximum atomic E-state index is 13.4. The fourth-order valence-corrected chi connectivity index (χ4v) is 1.26. The van der Waals surface area contributed by atoms with Gasteiger partial charge in [-0.1, -0.05) is 0 Å². The molecule has 5 nitrogen and oxygen atoms in total. The number of halogens is 2. The lowest BCUT2D eigenvalue weighted by molar-refractivity contribution is -0.0169. The molecule has 7 heteroatoms. The van der Waals surface area contributed by atoms with Crippen molar-refractivity contribution >= 4 is 5.97 Å². The molecule has 0 aromatic heterocycles. The molecule has 0 saturated heterocycles. The molecule has 0 amide bonds. The summed E-state index contributed by atoms with van der Waals surface area (Å²) in [5, 5.41) is 35.5. The van der Waals surface area contributed by atoms with Gasteiger partial charge in [-0.3, -0.25) is 0 Å². The fraction of sp³-hybridized carbons (Fsp3) is 0.300. The van der Waals surface area contributed by atoms with E-state index in [9.17, 15) is 18.7 Å². The fourth-order valence-electron chi connectivity index (χ4n) is 1.26. The Morgan fingerprint density at radius 2 is 1.82 bits per heavy atom. The Bertz CT molecular complexity index is 435. The van der Waals surface area contributed by atoms with Crippen molar-refractivity contribution in [2.24, 2.45) is 0 Å². The van der Waals surface area contributed by atoms with Gasteiger partial charge >= 0.3 is 5.97 Å². The van der Waals surface area contributed by atoms with Gasteiger partial charge in [0.05, 0.1) is 12.2 Å². The van der Waals surface area contributed by atoms with Gasteiger partial charge in [-0.05, 0) is 12.1 Å². The van der Waals surface area contributed by atoms with Crippen LogP contribution in [0, 0.1) is 11.6 Å². The van der Waals surface area contributed by atoms with Crippen LogP contribution in [0.25, 0.3) is 0 Å². The van der Waals surface area contributed by atoms with E-state index in [-0.39, 0.29) is 0 Å². The molecule has 2 unspecified atom stereocenters. The van der Waals surface area contributed by atoms with Crippen molar-refractivity contribution in [2.75, 3.05) is 6.61 Å². The lowest BCUT2D eigenvalue weighted by Gasteiger charge is -2.17. The smallest absolute Gasteiger partial charge is 0.338 e. The first kappa shape index (κ1) is 13.5. The number of carbonyl (C=O) groups is 1. The Kier molecular flexibility index (Phi) is 4.11. The van der Waals surface area contributed by atoms with E-state index in [4.69, 9.17) is 15.3 Å². The number of aliphatic hydroxyl groups is 3. The number of hydrogen-bond acceptors (Lipinski definition) is 4.